The lowest BCUT2D eigenvalue weighted by Gasteiger charge is -2.31. The van der Waals surface area contributed by atoms with E-state index >= 15 is 0 Å². The van der Waals surface area contributed by atoms with Gasteiger partial charge in [0.1, 0.15) is 11.5 Å². The summed E-state index contributed by atoms with van der Waals surface area (Å²) in [6, 6.07) is 13.3. The Morgan fingerprint density at radius 3 is 2.43 bits per heavy atom. The minimum Gasteiger partial charge on any atom is -0.497 e. The molecule has 28 heavy (non-hydrogen) atoms. The van der Waals surface area contributed by atoms with Crippen LogP contribution in [0, 0.1) is 0 Å². The second-order valence-electron chi connectivity index (χ2n) is 6.42. The molecule has 6 heteroatoms. The van der Waals surface area contributed by atoms with Gasteiger partial charge < -0.3 is 14.8 Å². The van der Waals surface area contributed by atoms with Crippen LogP contribution < -0.4 is 14.8 Å². The van der Waals surface area contributed by atoms with Gasteiger partial charge in [-0.3, -0.25) is 9.69 Å². The van der Waals surface area contributed by atoms with Crippen molar-refractivity contribution in [2.75, 3.05) is 33.9 Å². The molecule has 0 aliphatic carbocycles. The number of nitrogens with one attached hydrogen (secondary N) is 1. The van der Waals surface area contributed by atoms with Crippen molar-refractivity contribution < 1.29 is 14.3 Å². The predicted molar refractivity (Wildman–Crippen MR) is 113 cm³/mol. The Hall–Kier alpha value is -2.24. The molecule has 0 saturated carbocycles. The molecule has 0 fully saturated rings. The molecule has 0 aliphatic heterocycles. The third-order valence-corrected chi connectivity index (χ3v) is 5.20. The summed E-state index contributed by atoms with van der Waals surface area (Å²) in [5.74, 6) is 1.27. The van der Waals surface area contributed by atoms with Crippen molar-refractivity contribution >= 4 is 17.5 Å². The minimum absolute atomic E-state index is 0.0189. The van der Waals surface area contributed by atoms with E-state index in [2.05, 4.69) is 24.1 Å². The maximum Gasteiger partial charge on any atom is 0.224 e. The summed E-state index contributed by atoms with van der Waals surface area (Å²) in [5.41, 5.74) is 1.84. The molecule has 0 aliphatic rings. The standard InChI is InChI=1S/C22H29ClN2O3/c1-5-25(6-2)20(18-9-7-8-10-19(18)23)15-24-22(26)13-16-11-12-17(27-3)14-21(16)28-4/h7-12,14,20H,5-6,13,15H2,1-4H3,(H,24,26). The first-order chi connectivity index (χ1) is 13.5. The van der Waals surface area contributed by atoms with Crippen molar-refractivity contribution in [3.05, 3.63) is 58.6 Å². The number of nitrogens with zero attached hydrogens (tertiary/aromatic N) is 1. The van der Waals surface area contributed by atoms with Crippen LogP contribution in [0.5, 0.6) is 11.5 Å². The molecule has 1 unspecified atom stereocenters. The highest BCUT2D eigenvalue weighted by atomic mass is 35.5. The first-order valence-electron chi connectivity index (χ1n) is 9.50. The molecule has 0 aromatic heterocycles. The van der Waals surface area contributed by atoms with Gasteiger partial charge in [-0.2, -0.15) is 0 Å². The number of halogens is 1. The van der Waals surface area contributed by atoms with Crippen LogP contribution in [0.2, 0.25) is 5.02 Å². The molecule has 0 bridgehead atoms. The molecule has 0 heterocycles. The molecular weight excluding hydrogens is 376 g/mol. The van der Waals surface area contributed by atoms with Gasteiger partial charge in [0.15, 0.2) is 0 Å². The Bertz CT molecular complexity index is 778. The van der Waals surface area contributed by atoms with Crippen molar-refractivity contribution in [2.45, 2.75) is 26.3 Å². The van der Waals surface area contributed by atoms with E-state index in [1.165, 1.54) is 0 Å². The Morgan fingerprint density at radius 1 is 1.11 bits per heavy atom. The fourth-order valence-corrected chi connectivity index (χ4v) is 3.55. The normalized spacial score (nSPS) is 11.9. The first kappa shape index (κ1) is 22.1. The van der Waals surface area contributed by atoms with Gasteiger partial charge in [-0.25, -0.2) is 0 Å². The number of carbonyl (C=O) groups is 1. The quantitative estimate of drug-likeness (QED) is 0.647. The molecule has 0 saturated heterocycles. The van der Waals surface area contributed by atoms with E-state index in [-0.39, 0.29) is 18.4 Å². The molecule has 2 aromatic rings. The van der Waals surface area contributed by atoms with Gasteiger partial charge in [0.05, 0.1) is 26.7 Å². The molecule has 2 rings (SSSR count). The van der Waals surface area contributed by atoms with Gasteiger partial charge in [0.2, 0.25) is 5.91 Å². The molecule has 2 aromatic carbocycles. The van der Waals surface area contributed by atoms with Gasteiger partial charge >= 0.3 is 0 Å². The molecule has 152 valence electrons. The number of likely N-dealkylation sites (N-methyl/N-ethyl adjacent to an activating group) is 1. The lowest BCUT2D eigenvalue weighted by atomic mass is 10.0. The number of amides is 1. The van der Waals surface area contributed by atoms with Gasteiger partial charge in [-0.15, -0.1) is 0 Å². The van der Waals surface area contributed by atoms with Crippen LogP contribution in [0.25, 0.3) is 0 Å². The van der Waals surface area contributed by atoms with Crippen molar-refractivity contribution in [3.8, 4) is 11.5 Å². The van der Waals surface area contributed by atoms with Gasteiger partial charge in [0, 0.05) is 23.2 Å². The third kappa shape index (κ3) is 5.63. The summed E-state index contributed by atoms with van der Waals surface area (Å²) in [7, 11) is 3.19. The highest BCUT2D eigenvalue weighted by Crippen LogP contribution is 2.27. The fraction of sp³-hybridized carbons (Fsp3) is 0.409. The van der Waals surface area contributed by atoms with E-state index in [9.17, 15) is 4.79 Å². The molecule has 0 spiro atoms. The maximum atomic E-state index is 12.6. The number of carbonyl (C=O) groups excluding carboxylic acids is 1. The van der Waals surface area contributed by atoms with Crippen molar-refractivity contribution in [1.29, 1.82) is 0 Å². The van der Waals surface area contributed by atoms with Crippen LogP contribution in [0.3, 0.4) is 0 Å². The smallest absolute Gasteiger partial charge is 0.224 e. The lowest BCUT2D eigenvalue weighted by molar-refractivity contribution is -0.120. The zero-order valence-electron chi connectivity index (χ0n) is 17.0. The summed E-state index contributed by atoms with van der Waals surface area (Å²) < 4.78 is 10.6. The highest BCUT2D eigenvalue weighted by Gasteiger charge is 2.21. The summed E-state index contributed by atoms with van der Waals surface area (Å²) in [5, 5.41) is 3.77. The molecule has 1 atom stereocenters. The average Bonchev–Trinajstić information content (AvgIpc) is 2.72. The van der Waals surface area contributed by atoms with Crippen LogP contribution in [-0.4, -0.2) is 44.7 Å². The Kier molecular flexibility index (Phi) is 8.61. The Balaban J connectivity index is 2.10. The summed E-state index contributed by atoms with van der Waals surface area (Å²) >= 11 is 6.42. The molecule has 0 radical (unpaired) electrons. The number of ether oxygens (including phenoxy) is 2. The number of hydrogen-bond donors (Lipinski definition) is 1. The van der Waals surface area contributed by atoms with E-state index in [4.69, 9.17) is 21.1 Å². The van der Waals surface area contributed by atoms with E-state index in [0.717, 1.165) is 24.2 Å². The minimum atomic E-state index is -0.0623. The summed E-state index contributed by atoms with van der Waals surface area (Å²) in [6.07, 6.45) is 0.237. The number of hydrogen-bond acceptors (Lipinski definition) is 4. The molecular formula is C22H29ClN2O3. The van der Waals surface area contributed by atoms with E-state index in [1.54, 1.807) is 20.3 Å². The first-order valence-corrected chi connectivity index (χ1v) is 9.87. The second-order valence-corrected chi connectivity index (χ2v) is 6.82. The zero-order valence-corrected chi connectivity index (χ0v) is 17.8. The molecule has 1 amide bonds. The van der Waals surface area contributed by atoms with Crippen LogP contribution in [0.1, 0.15) is 31.0 Å². The summed E-state index contributed by atoms with van der Waals surface area (Å²) in [6.45, 7) is 6.45. The highest BCUT2D eigenvalue weighted by molar-refractivity contribution is 6.31. The maximum absolute atomic E-state index is 12.6. The number of rotatable bonds is 10. The molecule has 1 N–H and O–H groups in total. The monoisotopic (exact) mass is 404 g/mol. The largest absolute Gasteiger partial charge is 0.497 e. The van der Waals surface area contributed by atoms with Crippen LogP contribution in [-0.2, 0) is 11.2 Å². The SMILES string of the molecule is CCN(CC)C(CNC(=O)Cc1ccc(OC)cc1OC)c1ccccc1Cl. The predicted octanol–water partition coefficient (Wildman–Crippen LogP) is 4.10. The number of methoxy groups -OCH3 is 2. The number of benzene rings is 2. The van der Waals surface area contributed by atoms with Crippen LogP contribution >= 0.6 is 11.6 Å². The molecule has 5 nitrogen and oxygen atoms in total. The second kappa shape index (κ2) is 10.9. The van der Waals surface area contributed by atoms with Gasteiger partial charge in [-0.05, 0) is 30.8 Å². The third-order valence-electron chi connectivity index (χ3n) is 4.86. The zero-order chi connectivity index (χ0) is 20.5. The lowest BCUT2D eigenvalue weighted by Crippen LogP contribution is -2.38. The fourth-order valence-electron chi connectivity index (χ4n) is 3.29. The van der Waals surface area contributed by atoms with E-state index in [0.29, 0.717) is 23.1 Å². The van der Waals surface area contributed by atoms with Crippen LogP contribution in [0.4, 0.5) is 0 Å². The average molecular weight is 405 g/mol. The Labute approximate surface area is 172 Å². The van der Waals surface area contributed by atoms with E-state index in [1.807, 2.05) is 36.4 Å². The van der Waals surface area contributed by atoms with Crippen molar-refractivity contribution in [2.24, 2.45) is 0 Å². The van der Waals surface area contributed by atoms with Gasteiger partial charge in [0.25, 0.3) is 0 Å². The summed E-state index contributed by atoms with van der Waals surface area (Å²) in [4.78, 5) is 14.9. The Morgan fingerprint density at radius 2 is 1.82 bits per heavy atom. The van der Waals surface area contributed by atoms with E-state index < -0.39 is 0 Å². The van der Waals surface area contributed by atoms with Crippen molar-refractivity contribution in [1.82, 2.24) is 10.2 Å². The van der Waals surface area contributed by atoms with Crippen LogP contribution in [0.15, 0.2) is 42.5 Å². The topological polar surface area (TPSA) is 50.8 Å². The van der Waals surface area contributed by atoms with Crippen molar-refractivity contribution in [3.63, 3.8) is 0 Å². The van der Waals surface area contributed by atoms with Gasteiger partial charge in [-0.1, -0.05) is 49.7 Å².